The zero-order valence-corrected chi connectivity index (χ0v) is 58.1. The first-order valence-corrected chi connectivity index (χ1v) is 36.1. The number of rotatable bonds is 16. The summed E-state index contributed by atoms with van der Waals surface area (Å²) in [6.07, 6.45) is 18.3. The maximum absolute atomic E-state index is 13.8. The van der Waals surface area contributed by atoms with Crippen molar-refractivity contribution in [2.45, 2.75) is 19.3 Å². The van der Waals surface area contributed by atoms with Crippen molar-refractivity contribution in [1.82, 2.24) is 19.9 Å². The van der Waals surface area contributed by atoms with E-state index in [1.54, 1.807) is 12.1 Å². The van der Waals surface area contributed by atoms with Crippen LogP contribution < -0.4 is 21.4 Å². The second-order valence-corrected chi connectivity index (χ2v) is 26.7. The highest BCUT2D eigenvalue weighted by atomic mass is 16.5. The summed E-state index contributed by atoms with van der Waals surface area (Å²) in [5.74, 6) is -0.849. The predicted molar refractivity (Wildman–Crippen MR) is 428 cm³/mol. The molecule has 0 spiro atoms. The summed E-state index contributed by atoms with van der Waals surface area (Å²) in [4.78, 5) is 64.6. The molecule has 12 nitrogen and oxygen atoms in total. The molecule has 18 rings (SSSR count). The van der Waals surface area contributed by atoms with Crippen LogP contribution in [0.15, 0.2) is 370 Å². The molecule has 12 heteroatoms. The van der Waals surface area contributed by atoms with E-state index in [2.05, 4.69) is 202 Å². The van der Waals surface area contributed by atoms with Gasteiger partial charge in [-0.1, -0.05) is 206 Å². The number of carbonyl (C=O) groups excluding carboxylic acids is 2. The van der Waals surface area contributed by atoms with Crippen LogP contribution in [0.4, 0.5) is 0 Å². The van der Waals surface area contributed by atoms with Crippen molar-refractivity contribution in [3.63, 3.8) is 0 Å². The lowest BCUT2D eigenvalue weighted by molar-refractivity contribution is 0.0478. The summed E-state index contributed by atoms with van der Waals surface area (Å²) in [5.41, 5.74) is 26.1. The van der Waals surface area contributed by atoms with E-state index in [1.165, 1.54) is 0 Å². The zero-order valence-electron chi connectivity index (χ0n) is 58.1. The quantitative estimate of drug-likeness (QED) is 0.0559. The van der Waals surface area contributed by atoms with Gasteiger partial charge in [-0.15, -0.1) is 0 Å². The SMILES string of the molecule is O=C(OCCCCCOC(=O)c1ccc(/C2=c3\cc/c([nH]3)=C(\c3ccccc3)c3ccc([nH]3)/C(c3ccccc3)=c3/cc/c([nH]3)=C(\c3ccccc3)c3ccc2[nH]3)cc1)c1ccc(C2=C3C=CC(=N3)C(c3ccccc3)=C3C=CC(=N3)C(c3ccccc3)=C3C=CC(=N3)C(c3ccccc3)=C3C=CC2=N3)cc1. The Hall–Kier alpha value is -14.1. The van der Waals surface area contributed by atoms with E-state index in [0.717, 1.165) is 167 Å². The number of carbonyl (C=O) groups is 2. The van der Waals surface area contributed by atoms with E-state index in [1.807, 2.05) is 133 Å². The molecule has 16 bridgehead atoms. The number of esters is 2. The number of ether oxygens (including phenoxy) is 2. The van der Waals surface area contributed by atoms with Gasteiger partial charge >= 0.3 is 11.9 Å². The highest BCUT2D eigenvalue weighted by Crippen LogP contribution is 2.40. The molecule has 0 aliphatic carbocycles. The first kappa shape index (κ1) is 65.0. The number of benzene rings is 8. The van der Waals surface area contributed by atoms with Gasteiger partial charge < -0.3 is 29.4 Å². The average molecular weight is 1390 g/mol. The highest BCUT2D eigenvalue weighted by molar-refractivity contribution is 6.39. The van der Waals surface area contributed by atoms with Crippen LogP contribution in [0.1, 0.15) is 107 Å². The number of nitrogens with zero attached hydrogens (tertiary/aromatic N) is 4. The minimum Gasteiger partial charge on any atom is -0.462 e. The Labute approximate surface area is 617 Å². The number of hydrogen-bond donors (Lipinski definition) is 4. The lowest BCUT2D eigenvalue weighted by Crippen LogP contribution is -2.19. The molecule has 10 heterocycles. The molecule has 8 aromatic carbocycles. The Kier molecular flexibility index (Phi) is 17.4. The van der Waals surface area contributed by atoms with E-state index in [0.29, 0.717) is 41.8 Å². The highest BCUT2D eigenvalue weighted by Gasteiger charge is 2.29. The van der Waals surface area contributed by atoms with Crippen molar-refractivity contribution in [2.75, 3.05) is 13.2 Å². The molecule has 4 aromatic heterocycles. The fourth-order valence-corrected chi connectivity index (χ4v) is 14.9. The molecular weight excluding hydrogens is 1320 g/mol. The molecule has 107 heavy (non-hydrogen) atoms. The maximum Gasteiger partial charge on any atom is 0.338 e. The smallest absolute Gasteiger partial charge is 0.338 e. The molecular formula is C95H68N8O4. The minimum absolute atomic E-state index is 0.202. The number of unbranched alkanes of at least 4 members (excludes halogenated alkanes) is 2. The van der Waals surface area contributed by atoms with Crippen molar-refractivity contribution >= 4 is 79.4 Å². The lowest BCUT2D eigenvalue weighted by atomic mass is 9.97. The Bertz CT molecular complexity index is 6190. The summed E-state index contributed by atoms with van der Waals surface area (Å²) in [5, 5.41) is 3.76. The predicted octanol–water partition coefficient (Wildman–Crippen LogP) is 16.5. The Morgan fingerprint density at radius 2 is 0.467 bits per heavy atom. The van der Waals surface area contributed by atoms with Crippen molar-refractivity contribution in [2.24, 2.45) is 20.0 Å². The number of aliphatic imine (C=N–C) groups is 4. The van der Waals surface area contributed by atoms with Crippen LogP contribution in [-0.4, -0.2) is 67.9 Å². The lowest BCUT2D eigenvalue weighted by Gasteiger charge is -2.13. The molecule has 0 unspecified atom stereocenters. The third-order valence-corrected chi connectivity index (χ3v) is 20.0. The van der Waals surface area contributed by atoms with Gasteiger partial charge in [0.15, 0.2) is 0 Å². The van der Waals surface area contributed by atoms with E-state index in [4.69, 9.17) is 29.4 Å². The van der Waals surface area contributed by atoms with Gasteiger partial charge in [0.2, 0.25) is 0 Å². The second kappa shape index (κ2) is 28.6. The minimum atomic E-state index is -0.432. The number of H-pyrrole nitrogens is 4. The Morgan fingerprint density at radius 1 is 0.234 bits per heavy atom. The molecule has 12 aromatic rings. The van der Waals surface area contributed by atoms with Gasteiger partial charge in [-0.25, -0.2) is 29.6 Å². The molecule has 0 radical (unpaired) electrons. The summed E-state index contributed by atoms with van der Waals surface area (Å²) < 4.78 is 11.7. The van der Waals surface area contributed by atoms with Gasteiger partial charge in [-0.2, -0.15) is 0 Å². The largest absolute Gasteiger partial charge is 0.462 e. The number of allylic oxidation sites excluding steroid dienone is 12. The molecule has 6 aliphatic rings. The molecule has 0 amide bonds. The summed E-state index contributed by atoms with van der Waals surface area (Å²) in [7, 11) is 0. The van der Waals surface area contributed by atoms with Crippen LogP contribution in [0.3, 0.4) is 0 Å². The second-order valence-electron chi connectivity index (χ2n) is 26.7. The molecule has 6 aliphatic heterocycles. The number of nitrogens with one attached hydrogen (secondary N) is 4. The zero-order chi connectivity index (χ0) is 71.6. The van der Waals surface area contributed by atoms with Gasteiger partial charge in [0.25, 0.3) is 0 Å². The van der Waals surface area contributed by atoms with Crippen LogP contribution in [0.2, 0.25) is 0 Å². The van der Waals surface area contributed by atoms with Crippen LogP contribution in [0.25, 0.3) is 44.6 Å². The first-order chi connectivity index (χ1) is 52.9. The van der Waals surface area contributed by atoms with Crippen LogP contribution in [0, 0.1) is 0 Å². The third-order valence-electron chi connectivity index (χ3n) is 20.0. The van der Waals surface area contributed by atoms with E-state index in [9.17, 15) is 9.59 Å². The number of fused-ring (bicyclic) bond motifs is 12. The van der Waals surface area contributed by atoms with Gasteiger partial charge in [0.1, 0.15) is 0 Å². The normalized spacial score (nSPS) is 17.0. The van der Waals surface area contributed by atoms with Crippen LogP contribution >= 0.6 is 0 Å². The number of hydrogen-bond acceptors (Lipinski definition) is 8. The first-order valence-electron chi connectivity index (χ1n) is 36.1. The molecule has 0 saturated heterocycles. The van der Waals surface area contributed by atoms with Crippen molar-refractivity contribution in [3.8, 4) is 0 Å². The Balaban J connectivity index is 0.578. The van der Waals surface area contributed by atoms with E-state index >= 15 is 0 Å². The van der Waals surface area contributed by atoms with Gasteiger partial charge in [-0.3, -0.25) is 0 Å². The molecule has 512 valence electrons. The molecule has 0 saturated carbocycles. The number of aromatic nitrogens is 4. The fraction of sp³-hybridized carbons (Fsp3) is 0.0526. The van der Waals surface area contributed by atoms with E-state index in [-0.39, 0.29) is 13.2 Å². The van der Waals surface area contributed by atoms with Crippen molar-refractivity contribution < 1.29 is 19.1 Å². The topological polar surface area (TPSA) is 165 Å². The average Bonchev–Trinajstić information content (AvgIpc) is 1.62. The molecule has 0 fully saturated rings. The van der Waals surface area contributed by atoms with Crippen LogP contribution in [-0.2, 0) is 9.47 Å². The van der Waals surface area contributed by atoms with Gasteiger partial charge in [0.05, 0.1) is 70.0 Å². The van der Waals surface area contributed by atoms with E-state index < -0.39 is 11.9 Å². The summed E-state index contributed by atoms with van der Waals surface area (Å²) in [6, 6.07) is 94.5. The fourth-order valence-electron chi connectivity index (χ4n) is 14.9. The van der Waals surface area contributed by atoms with Gasteiger partial charge in [0, 0.05) is 88.8 Å². The van der Waals surface area contributed by atoms with Crippen LogP contribution in [0.5, 0.6) is 0 Å². The molecule has 0 atom stereocenters. The molecule has 4 N–H and O–H groups in total. The van der Waals surface area contributed by atoms with Gasteiger partial charge in [-0.05, 0) is 185 Å². The standard InChI is InChI=1S/C95H68N8O4/c104-94(68-38-34-66(35-39-68)92-82-54-50-78(100-82)88(62-26-12-3-13-27-62)74-46-42-70(96-74)86(60-22-8-1-9-23-60)71-43-47-75(97-71)89(63-28-14-4-15-29-63)79-51-55-83(92)101-79)106-58-20-7-21-59-107-95(105)69-40-36-67(37-41-69)93-84-56-52-80(102-84)90(64-30-16-5-17-31-64)76-48-44-72(98-76)87(61-24-10-2-11-25-61)73-45-49-77(99-73)91(65-32-18-6-19-33-65)81-53-57-85(93)103-81/h1-6,8-19,22-57,96-97,100-101H,7,20-21,58-59H2/b86-70-,86-71?,87-72?,87-73?,88-74-,88-78?,89-75?,89-79-,90-76?,90-80?,91-77?,91-81?,92-82?,92-83-,93-84?,93-85?. The summed E-state index contributed by atoms with van der Waals surface area (Å²) >= 11 is 0. The monoisotopic (exact) mass is 1380 g/mol. The maximum atomic E-state index is 13.8. The number of aromatic amines is 4. The van der Waals surface area contributed by atoms with Crippen molar-refractivity contribution in [3.05, 3.63) is 450 Å². The third kappa shape index (κ3) is 12.9. The Morgan fingerprint density at radius 3 is 0.729 bits per heavy atom. The summed E-state index contributed by atoms with van der Waals surface area (Å²) in [6.45, 7) is 0.412. The van der Waals surface area contributed by atoms with Crippen molar-refractivity contribution in [1.29, 1.82) is 0 Å².